The molecule has 1 heterocycles. The number of amides is 1. The van der Waals surface area contributed by atoms with Crippen LogP contribution in [0.5, 0.6) is 0 Å². The Hall–Kier alpha value is -0.790. The van der Waals surface area contributed by atoms with Gasteiger partial charge in [0, 0.05) is 19.2 Å². The van der Waals surface area contributed by atoms with Crippen molar-refractivity contribution in [2.75, 3.05) is 6.54 Å². The Kier molecular flexibility index (Phi) is 3.14. The van der Waals surface area contributed by atoms with Gasteiger partial charge in [0.15, 0.2) is 0 Å². The van der Waals surface area contributed by atoms with E-state index >= 15 is 0 Å². The summed E-state index contributed by atoms with van der Waals surface area (Å²) in [6, 6.07) is 0. The Morgan fingerprint density at radius 1 is 1.55 bits per heavy atom. The van der Waals surface area contributed by atoms with Crippen LogP contribution in [0.1, 0.15) is 32.6 Å². The lowest BCUT2D eigenvalue weighted by Gasteiger charge is -2.22. The fourth-order valence-electron chi connectivity index (χ4n) is 1.22. The van der Waals surface area contributed by atoms with E-state index in [2.05, 4.69) is 6.92 Å². The van der Waals surface area contributed by atoms with Crippen LogP contribution >= 0.6 is 0 Å². The van der Waals surface area contributed by atoms with Crippen molar-refractivity contribution in [3.05, 3.63) is 12.3 Å². The van der Waals surface area contributed by atoms with Crippen LogP contribution in [0, 0.1) is 0 Å². The maximum absolute atomic E-state index is 11.2. The molecule has 1 amide bonds. The third kappa shape index (κ3) is 2.37. The molecule has 0 spiro atoms. The molecular formula is C9H15NO. The molecule has 0 bridgehead atoms. The molecule has 1 rings (SSSR count). The summed E-state index contributed by atoms with van der Waals surface area (Å²) < 4.78 is 0. The Balaban J connectivity index is 2.41. The minimum Gasteiger partial charge on any atom is -0.319 e. The van der Waals surface area contributed by atoms with Gasteiger partial charge in [-0.05, 0) is 19.3 Å². The lowest BCUT2D eigenvalue weighted by molar-refractivity contribution is -0.130. The smallest absolute Gasteiger partial charge is 0.226 e. The summed E-state index contributed by atoms with van der Waals surface area (Å²) in [7, 11) is 0. The molecule has 0 saturated carbocycles. The summed E-state index contributed by atoms with van der Waals surface area (Å²) >= 11 is 0. The van der Waals surface area contributed by atoms with E-state index in [1.165, 1.54) is 0 Å². The molecule has 0 aromatic rings. The van der Waals surface area contributed by atoms with Gasteiger partial charge in [-0.1, -0.05) is 13.0 Å². The van der Waals surface area contributed by atoms with E-state index in [1.54, 1.807) is 0 Å². The average molecular weight is 153 g/mol. The Bertz CT molecular complexity index is 163. The van der Waals surface area contributed by atoms with Gasteiger partial charge in [0.25, 0.3) is 0 Å². The van der Waals surface area contributed by atoms with Crippen LogP contribution in [0.4, 0.5) is 0 Å². The Morgan fingerprint density at radius 3 is 3.00 bits per heavy atom. The summed E-state index contributed by atoms with van der Waals surface area (Å²) in [6.45, 7) is 2.99. The zero-order valence-corrected chi connectivity index (χ0v) is 7.05. The second kappa shape index (κ2) is 4.16. The number of likely N-dealkylation sites (tertiary alicyclic amines) is 1. The van der Waals surface area contributed by atoms with Gasteiger partial charge in [-0.2, -0.15) is 0 Å². The number of carbonyl (C=O) groups excluding carboxylic acids is 1. The number of hydrogen-bond acceptors (Lipinski definition) is 1. The number of carbonyl (C=O) groups is 1. The number of allylic oxidation sites excluding steroid dienone is 1. The van der Waals surface area contributed by atoms with Crippen LogP contribution in [0.2, 0.25) is 0 Å². The van der Waals surface area contributed by atoms with Gasteiger partial charge >= 0.3 is 0 Å². The molecule has 62 valence electrons. The molecule has 1 fully saturated rings. The molecule has 0 aliphatic carbocycles. The van der Waals surface area contributed by atoms with Crippen molar-refractivity contribution in [3.8, 4) is 0 Å². The van der Waals surface area contributed by atoms with Gasteiger partial charge < -0.3 is 4.90 Å². The lowest BCUT2D eigenvalue weighted by Crippen LogP contribution is -2.30. The molecule has 0 aromatic heterocycles. The van der Waals surface area contributed by atoms with E-state index in [4.69, 9.17) is 0 Å². The SMILES string of the molecule is CC/C=C/N1CCCCC1=O. The molecule has 1 aliphatic rings. The molecule has 1 saturated heterocycles. The van der Waals surface area contributed by atoms with Gasteiger partial charge in [-0.25, -0.2) is 0 Å². The van der Waals surface area contributed by atoms with Crippen molar-refractivity contribution >= 4 is 5.91 Å². The van der Waals surface area contributed by atoms with Crippen molar-refractivity contribution in [2.24, 2.45) is 0 Å². The zero-order valence-electron chi connectivity index (χ0n) is 7.05. The molecule has 1 aliphatic heterocycles. The monoisotopic (exact) mass is 153 g/mol. The molecule has 0 unspecified atom stereocenters. The summed E-state index contributed by atoms with van der Waals surface area (Å²) in [5, 5.41) is 0. The Labute approximate surface area is 67.9 Å². The quantitative estimate of drug-likeness (QED) is 0.593. The first-order chi connectivity index (χ1) is 5.34. The highest BCUT2D eigenvalue weighted by Gasteiger charge is 2.14. The first-order valence-corrected chi connectivity index (χ1v) is 4.30. The van der Waals surface area contributed by atoms with E-state index < -0.39 is 0 Å². The molecular weight excluding hydrogens is 138 g/mol. The summed E-state index contributed by atoms with van der Waals surface area (Å²) in [5.74, 6) is 0.279. The summed E-state index contributed by atoms with van der Waals surface area (Å²) in [5.41, 5.74) is 0. The highest BCUT2D eigenvalue weighted by atomic mass is 16.2. The molecule has 2 nitrogen and oxygen atoms in total. The summed E-state index contributed by atoms with van der Waals surface area (Å²) in [4.78, 5) is 13.0. The second-order valence-electron chi connectivity index (χ2n) is 2.84. The van der Waals surface area contributed by atoms with Crippen LogP contribution in [-0.2, 0) is 4.79 Å². The first-order valence-electron chi connectivity index (χ1n) is 4.30. The predicted molar refractivity (Wildman–Crippen MR) is 45.0 cm³/mol. The van der Waals surface area contributed by atoms with Crippen molar-refractivity contribution in [1.82, 2.24) is 4.90 Å². The van der Waals surface area contributed by atoms with Crippen molar-refractivity contribution in [1.29, 1.82) is 0 Å². The molecule has 0 aromatic carbocycles. The maximum atomic E-state index is 11.2. The predicted octanol–water partition coefficient (Wildman–Crippen LogP) is 1.92. The standard InChI is InChI=1S/C9H15NO/c1-2-3-7-10-8-5-4-6-9(10)11/h3,7H,2,4-6,8H2,1H3/b7-3+. The van der Waals surface area contributed by atoms with Gasteiger partial charge in [0.1, 0.15) is 0 Å². The maximum Gasteiger partial charge on any atom is 0.226 e. The van der Waals surface area contributed by atoms with Crippen LogP contribution in [0.25, 0.3) is 0 Å². The lowest BCUT2D eigenvalue weighted by atomic mass is 10.1. The molecule has 11 heavy (non-hydrogen) atoms. The van der Waals surface area contributed by atoms with Crippen molar-refractivity contribution in [2.45, 2.75) is 32.6 Å². The van der Waals surface area contributed by atoms with Crippen LogP contribution in [0.3, 0.4) is 0 Å². The van der Waals surface area contributed by atoms with Gasteiger partial charge in [-0.3, -0.25) is 4.79 Å². The van der Waals surface area contributed by atoms with Crippen LogP contribution in [0.15, 0.2) is 12.3 Å². The number of rotatable bonds is 2. The summed E-state index contributed by atoms with van der Waals surface area (Å²) in [6.07, 6.45) is 7.90. The Morgan fingerprint density at radius 2 is 2.36 bits per heavy atom. The van der Waals surface area contributed by atoms with Gasteiger partial charge in [-0.15, -0.1) is 0 Å². The van der Waals surface area contributed by atoms with Crippen LogP contribution < -0.4 is 0 Å². The fraction of sp³-hybridized carbons (Fsp3) is 0.667. The third-order valence-corrected chi connectivity index (χ3v) is 1.88. The molecule has 0 radical (unpaired) electrons. The molecule has 0 atom stereocenters. The topological polar surface area (TPSA) is 20.3 Å². The highest BCUT2D eigenvalue weighted by molar-refractivity contribution is 5.77. The van der Waals surface area contributed by atoms with Crippen LogP contribution in [-0.4, -0.2) is 17.4 Å². The van der Waals surface area contributed by atoms with E-state index in [-0.39, 0.29) is 5.91 Å². The van der Waals surface area contributed by atoms with Crippen molar-refractivity contribution < 1.29 is 4.79 Å². The highest BCUT2D eigenvalue weighted by Crippen LogP contribution is 2.10. The minimum absolute atomic E-state index is 0.279. The minimum atomic E-state index is 0.279. The number of nitrogens with zero attached hydrogens (tertiary/aromatic N) is 1. The van der Waals surface area contributed by atoms with E-state index in [0.717, 1.165) is 32.2 Å². The van der Waals surface area contributed by atoms with Gasteiger partial charge in [0.2, 0.25) is 5.91 Å². The normalized spacial score (nSPS) is 19.7. The first kappa shape index (κ1) is 8.31. The molecule has 2 heteroatoms. The number of hydrogen-bond donors (Lipinski definition) is 0. The zero-order chi connectivity index (χ0) is 8.10. The third-order valence-electron chi connectivity index (χ3n) is 1.88. The van der Waals surface area contributed by atoms with Crippen molar-refractivity contribution in [3.63, 3.8) is 0 Å². The van der Waals surface area contributed by atoms with E-state index in [1.807, 2.05) is 17.2 Å². The fourth-order valence-corrected chi connectivity index (χ4v) is 1.22. The number of piperidine rings is 1. The second-order valence-corrected chi connectivity index (χ2v) is 2.84. The van der Waals surface area contributed by atoms with E-state index in [0.29, 0.717) is 0 Å². The van der Waals surface area contributed by atoms with E-state index in [9.17, 15) is 4.79 Å². The average Bonchev–Trinajstić information content (AvgIpc) is 2.03. The van der Waals surface area contributed by atoms with Gasteiger partial charge in [0.05, 0.1) is 0 Å². The largest absolute Gasteiger partial charge is 0.319 e. The molecule has 0 N–H and O–H groups in total.